The molecule has 0 unspecified atom stereocenters. The Morgan fingerprint density at radius 2 is 1.93 bits per heavy atom. The van der Waals surface area contributed by atoms with Crippen LogP contribution < -0.4 is 10.6 Å². The van der Waals surface area contributed by atoms with Crippen LogP contribution in [0.4, 0.5) is 4.79 Å². The molecule has 0 radical (unpaired) electrons. The van der Waals surface area contributed by atoms with Crippen LogP contribution >= 0.6 is 23.1 Å². The lowest BCUT2D eigenvalue weighted by atomic mass is 10.1. The Hall–Kier alpha value is -2.65. The normalized spacial score (nSPS) is 11.8. The van der Waals surface area contributed by atoms with E-state index in [1.54, 1.807) is 18.3 Å². The van der Waals surface area contributed by atoms with E-state index in [9.17, 15) is 9.59 Å². The van der Waals surface area contributed by atoms with Crippen molar-refractivity contribution in [3.05, 3.63) is 53.4 Å². The standard InChI is InChI=1S/C19H21N5O2S2/c1-3-20-18(26)21-17(25)15(13-9-6-5-7-10-13)28-19-23-22-16(24(19)4-2)14-11-8-12-27-14/h5-12,15H,3-4H2,1-2H3,(H2,20,21,25,26)/t15-/m1/s1. The van der Waals surface area contributed by atoms with Crippen LogP contribution in [0, 0.1) is 0 Å². The molecule has 0 aliphatic carbocycles. The average Bonchev–Trinajstić information content (AvgIpc) is 3.36. The lowest BCUT2D eigenvalue weighted by molar-refractivity contribution is -0.119. The predicted octanol–water partition coefficient (Wildman–Crippen LogP) is 3.71. The molecule has 0 bridgehead atoms. The molecule has 3 amide bonds. The van der Waals surface area contributed by atoms with E-state index in [1.165, 1.54) is 11.8 Å². The number of carbonyl (C=O) groups is 2. The molecular weight excluding hydrogens is 394 g/mol. The Morgan fingerprint density at radius 1 is 1.14 bits per heavy atom. The molecule has 2 N–H and O–H groups in total. The summed E-state index contributed by atoms with van der Waals surface area (Å²) in [7, 11) is 0. The van der Waals surface area contributed by atoms with Crippen LogP contribution in [0.5, 0.6) is 0 Å². The first kappa shape index (κ1) is 20.1. The van der Waals surface area contributed by atoms with Gasteiger partial charge in [-0.2, -0.15) is 0 Å². The molecular formula is C19H21N5O2S2. The Labute approximate surface area is 171 Å². The second kappa shape index (κ2) is 9.52. The first-order valence-electron chi connectivity index (χ1n) is 8.91. The van der Waals surface area contributed by atoms with Gasteiger partial charge < -0.3 is 9.88 Å². The predicted molar refractivity (Wildman–Crippen MR) is 111 cm³/mol. The fourth-order valence-corrected chi connectivity index (χ4v) is 4.46. The number of imide groups is 1. The summed E-state index contributed by atoms with van der Waals surface area (Å²) in [6.45, 7) is 4.92. The summed E-state index contributed by atoms with van der Waals surface area (Å²) in [5.41, 5.74) is 0.789. The summed E-state index contributed by atoms with van der Waals surface area (Å²) in [5, 5.41) is 15.6. The van der Waals surface area contributed by atoms with Crippen LogP contribution in [0.15, 0.2) is 53.0 Å². The topological polar surface area (TPSA) is 88.9 Å². The number of hydrogen-bond donors (Lipinski definition) is 2. The van der Waals surface area contributed by atoms with Crippen LogP contribution in [0.1, 0.15) is 24.7 Å². The quantitative estimate of drug-likeness (QED) is 0.574. The number of carbonyl (C=O) groups excluding carboxylic acids is 2. The molecule has 3 aromatic rings. The average molecular weight is 416 g/mol. The number of nitrogens with one attached hydrogen (secondary N) is 2. The number of thioether (sulfide) groups is 1. The van der Waals surface area contributed by atoms with Gasteiger partial charge in [0.25, 0.3) is 0 Å². The second-order valence-electron chi connectivity index (χ2n) is 5.79. The molecule has 0 aliphatic heterocycles. The number of benzene rings is 1. The number of rotatable bonds is 7. The van der Waals surface area contributed by atoms with Gasteiger partial charge in [-0.05, 0) is 30.9 Å². The number of nitrogens with zero attached hydrogens (tertiary/aromatic N) is 3. The zero-order chi connectivity index (χ0) is 19.9. The van der Waals surface area contributed by atoms with E-state index in [-0.39, 0.29) is 0 Å². The van der Waals surface area contributed by atoms with Crippen LogP contribution in [-0.4, -0.2) is 33.2 Å². The van der Waals surface area contributed by atoms with E-state index < -0.39 is 17.2 Å². The smallest absolute Gasteiger partial charge is 0.321 e. The zero-order valence-electron chi connectivity index (χ0n) is 15.6. The molecule has 0 saturated carbocycles. The summed E-state index contributed by atoms with van der Waals surface area (Å²) in [4.78, 5) is 25.7. The van der Waals surface area contributed by atoms with Gasteiger partial charge >= 0.3 is 6.03 Å². The Morgan fingerprint density at radius 3 is 2.57 bits per heavy atom. The first-order valence-corrected chi connectivity index (χ1v) is 10.7. The van der Waals surface area contributed by atoms with Crippen LogP contribution in [-0.2, 0) is 11.3 Å². The highest BCUT2D eigenvalue weighted by molar-refractivity contribution is 8.00. The van der Waals surface area contributed by atoms with E-state index in [0.717, 1.165) is 16.3 Å². The van der Waals surface area contributed by atoms with Crippen molar-refractivity contribution in [2.45, 2.75) is 30.8 Å². The van der Waals surface area contributed by atoms with E-state index in [0.29, 0.717) is 18.2 Å². The fraction of sp³-hybridized carbons (Fsp3) is 0.263. The Balaban J connectivity index is 1.90. The molecule has 2 heterocycles. The molecule has 0 saturated heterocycles. The maximum Gasteiger partial charge on any atom is 0.321 e. The molecule has 1 aromatic carbocycles. The molecule has 0 aliphatic rings. The number of thiophene rings is 1. The van der Waals surface area contributed by atoms with E-state index in [4.69, 9.17) is 0 Å². The van der Waals surface area contributed by atoms with Gasteiger partial charge in [-0.15, -0.1) is 21.5 Å². The zero-order valence-corrected chi connectivity index (χ0v) is 17.2. The van der Waals surface area contributed by atoms with Gasteiger partial charge in [0, 0.05) is 13.1 Å². The van der Waals surface area contributed by atoms with Crippen molar-refractivity contribution >= 4 is 35.0 Å². The molecule has 7 nitrogen and oxygen atoms in total. The summed E-state index contributed by atoms with van der Waals surface area (Å²) in [6, 6.07) is 12.8. The fourth-order valence-electron chi connectivity index (χ4n) is 2.64. The summed E-state index contributed by atoms with van der Waals surface area (Å²) >= 11 is 2.87. The van der Waals surface area contributed by atoms with Crippen molar-refractivity contribution in [3.63, 3.8) is 0 Å². The molecule has 9 heteroatoms. The maximum atomic E-state index is 12.8. The van der Waals surface area contributed by atoms with Crippen molar-refractivity contribution in [1.29, 1.82) is 0 Å². The van der Waals surface area contributed by atoms with E-state index in [1.807, 2.05) is 59.3 Å². The highest BCUT2D eigenvalue weighted by Gasteiger charge is 2.27. The van der Waals surface area contributed by atoms with Crippen LogP contribution in [0.2, 0.25) is 0 Å². The van der Waals surface area contributed by atoms with Crippen molar-refractivity contribution < 1.29 is 9.59 Å². The summed E-state index contributed by atoms with van der Waals surface area (Å²) in [5.74, 6) is 0.376. The van der Waals surface area contributed by atoms with E-state index in [2.05, 4.69) is 20.8 Å². The molecule has 1 atom stereocenters. The molecule has 0 fully saturated rings. The third kappa shape index (κ3) is 4.60. The lowest BCUT2D eigenvalue weighted by Gasteiger charge is -2.16. The second-order valence-corrected chi connectivity index (χ2v) is 7.80. The summed E-state index contributed by atoms with van der Waals surface area (Å²) < 4.78 is 1.98. The lowest BCUT2D eigenvalue weighted by Crippen LogP contribution is -2.41. The van der Waals surface area contributed by atoms with Crippen LogP contribution in [0.25, 0.3) is 10.7 Å². The van der Waals surface area contributed by atoms with Gasteiger partial charge in [-0.1, -0.05) is 48.2 Å². The monoisotopic (exact) mass is 415 g/mol. The highest BCUT2D eigenvalue weighted by Crippen LogP contribution is 2.36. The van der Waals surface area contributed by atoms with Gasteiger partial charge in [0.2, 0.25) is 5.91 Å². The Bertz CT molecular complexity index is 925. The number of hydrogen-bond acceptors (Lipinski definition) is 6. The van der Waals surface area contributed by atoms with Crippen molar-refractivity contribution in [2.75, 3.05) is 6.54 Å². The van der Waals surface area contributed by atoms with Crippen molar-refractivity contribution in [2.24, 2.45) is 0 Å². The van der Waals surface area contributed by atoms with Gasteiger partial charge in [0.15, 0.2) is 11.0 Å². The highest BCUT2D eigenvalue weighted by atomic mass is 32.2. The van der Waals surface area contributed by atoms with Gasteiger partial charge in [-0.3, -0.25) is 10.1 Å². The number of aromatic nitrogens is 3. The third-order valence-corrected chi connectivity index (χ3v) is 6.01. The number of urea groups is 1. The van der Waals surface area contributed by atoms with Gasteiger partial charge in [0.1, 0.15) is 5.25 Å². The number of amides is 3. The first-order chi connectivity index (χ1) is 13.6. The van der Waals surface area contributed by atoms with Crippen LogP contribution in [0.3, 0.4) is 0 Å². The Kier molecular flexibility index (Phi) is 6.83. The van der Waals surface area contributed by atoms with E-state index >= 15 is 0 Å². The minimum absolute atomic E-state index is 0.398. The molecule has 28 heavy (non-hydrogen) atoms. The molecule has 3 rings (SSSR count). The molecule has 146 valence electrons. The third-order valence-electron chi connectivity index (χ3n) is 3.91. The van der Waals surface area contributed by atoms with Crippen molar-refractivity contribution in [1.82, 2.24) is 25.4 Å². The van der Waals surface area contributed by atoms with Gasteiger partial charge in [0.05, 0.1) is 4.88 Å². The summed E-state index contributed by atoms with van der Waals surface area (Å²) in [6.07, 6.45) is 0. The molecule has 0 spiro atoms. The minimum Gasteiger partial charge on any atom is -0.338 e. The molecule has 2 aromatic heterocycles. The minimum atomic E-state index is -0.630. The van der Waals surface area contributed by atoms with Crippen molar-refractivity contribution in [3.8, 4) is 10.7 Å². The SMILES string of the molecule is CCNC(=O)NC(=O)[C@H](Sc1nnc(-c2cccs2)n1CC)c1ccccc1. The van der Waals surface area contributed by atoms with Gasteiger partial charge in [-0.25, -0.2) is 4.79 Å². The largest absolute Gasteiger partial charge is 0.338 e. The maximum absolute atomic E-state index is 12.8.